The van der Waals surface area contributed by atoms with Gasteiger partial charge in [0.05, 0.1) is 5.69 Å². The van der Waals surface area contributed by atoms with E-state index >= 15 is 0 Å². The van der Waals surface area contributed by atoms with Gasteiger partial charge in [-0.15, -0.1) is 11.3 Å². The molecule has 0 aliphatic carbocycles. The Morgan fingerprint density at radius 1 is 1.17 bits per heavy atom. The first-order valence-electron chi connectivity index (χ1n) is 7.98. The van der Waals surface area contributed by atoms with E-state index in [4.69, 9.17) is 9.47 Å². The highest BCUT2D eigenvalue weighted by atomic mass is 32.1. The van der Waals surface area contributed by atoms with Crippen molar-refractivity contribution in [1.82, 2.24) is 10.3 Å². The van der Waals surface area contributed by atoms with Gasteiger partial charge in [0.2, 0.25) is 5.91 Å². The summed E-state index contributed by atoms with van der Waals surface area (Å²) in [7, 11) is 0. The fraction of sp³-hybridized carbons (Fsp3) is 0.667. The first kappa shape index (κ1) is 16.4. The van der Waals surface area contributed by atoms with E-state index in [1.807, 2.05) is 5.38 Å². The van der Waals surface area contributed by atoms with Crippen molar-refractivity contribution in [2.45, 2.75) is 44.3 Å². The Bertz CT molecular complexity index is 551. The maximum absolute atomic E-state index is 11.9. The first-order valence-corrected chi connectivity index (χ1v) is 8.86. The smallest absolute Gasteiger partial charge is 0.255 e. The van der Waals surface area contributed by atoms with Gasteiger partial charge in [0.25, 0.3) is 5.91 Å². The van der Waals surface area contributed by atoms with Crippen molar-refractivity contribution in [3.05, 3.63) is 11.1 Å². The largest absolute Gasteiger partial charge is 0.368 e. The van der Waals surface area contributed by atoms with E-state index in [0.717, 1.165) is 31.4 Å². The number of carbonyl (C=O) groups is 2. The Balaban J connectivity index is 1.40. The van der Waals surface area contributed by atoms with Gasteiger partial charge in [-0.1, -0.05) is 0 Å². The summed E-state index contributed by atoms with van der Waals surface area (Å²) in [5, 5.41) is 8.11. The van der Waals surface area contributed by atoms with Crippen LogP contribution in [-0.2, 0) is 25.5 Å². The summed E-state index contributed by atoms with van der Waals surface area (Å²) in [6, 6.07) is 0. The van der Waals surface area contributed by atoms with Crippen LogP contribution in [0.3, 0.4) is 0 Å². The molecular formula is C15H21N3O4S. The van der Waals surface area contributed by atoms with Crippen molar-refractivity contribution in [3.63, 3.8) is 0 Å². The molecule has 0 unspecified atom stereocenters. The lowest BCUT2D eigenvalue weighted by atomic mass is 10.2. The molecule has 0 radical (unpaired) electrons. The zero-order valence-electron chi connectivity index (χ0n) is 12.9. The molecule has 1 aromatic rings. The zero-order valence-corrected chi connectivity index (χ0v) is 13.7. The third-order valence-electron chi connectivity index (χ3n) is 3.91. The number of ether oxygens (including phenoxy) is 2. The second-order valence-corrected chi connectivity index (χ2v) is 6.54. The van der Waals surface area contributed by atoms with Crippen LogP contribution in [-0.4, -0.2) is 48.8 Å². The lowest BCUT2D eigenvalue weighted by molar-refractivity contribution is -0.130. The molecule has 2 amide bonds. The van der Waals surface area contributed by atoms with Crippen molar-refractivity contribution < 1.29 is 19.1 Å². The molecule has 7 nitrogen and oxygen atoms in total. The minimum Gasteiger partial charge on any atom is -0.368 e. The molecule has 1 aromatic heterocycles. The van der Waals surface area contributed by atoms with Crippen LogP contribution in [0, 0.1) is 0 Å². The third kappa shape index (κ3) is 4.49. The monoisotopic (exact) mass is 339 g/mol. The van der Waals surface area contributed by atoms with Gasteiger partial charge in [0, 0.05) is 31.6 Å². The van der Waals surface area contributed by atoms with Crippen molar-refractivity contribution in [3.8, 4) is 0 Å². The van der Waals surface area contributed by atoms with E-state index in [1.165, 1.54) is 11.3 Å². The van der Waals surface area contributed by atoms with Crippen LogP contribution in [0.4, 0.5) is 5.13 Å². The number of hydrogen-bond donors (Lipinski definition) is 2. The average molecular weight is 339 g/mol. The Labute approximate surface area is 138 Å². The summed E-state index contributed by atoms with van der Waals surface area (Å²) in [5.41, 5.74) is 0.852. The van der Waals surface area contributed by atoms with E-state index in [9.17, 15) is 9.59 Å². The van der Waals surface area contributed by atoms with E-state index < -0.39 is 0 Å². The first-order chi connectivity index (χ1) is 11.2. The molecule has 0 saturated carbocycles. The summed E-state index contributed by atoms with van der Waals surface area (Å²) in [5.74, 6) is -0.181. The second-order valence-electron chi connectivity index (χ2n) is 5.68. The highest BCUT2D eigenvalue weighted by Gasteiger charge is 2.24. The standard InChI is InChI=1S/C15H21N3O4S/c19-13(11-3-1-7-21-11)16-6-5-10-9-23-15(17-10)18-14(20)12-4-2-8-22-12/h9,11-12H,1-8H2,(H,16,19)(H,17,18,20)/t11-,12+/m0/s1. The molecular weight excluding hydrogens is 318 g/mol. The predicted molar refractivity (Wildman–Crippen MR) is 85.4 cm³/mol. The van der Waals surface area contributed by atoms with Crippen LogP contribution in [0.15, 0.2) is 5.38 Å². The predicted octanol–water partition coefficient (Wildman–Crippen LogP) is 1.10. The fourth-order valence-electron chi connectivity index (χ4n) is 2.66. The molecule has 3 heterocycles. The van der Waals surface area contributed by atoms with Gasteiger partial charge in [-0.2, -0.15) is 0 Å². The van der Waals surface area contributed by atoms with Gasteiger partial charge in [-0.05, 0) is 25.7 Å². The maximum atomic E-state index is 11.9. The number of hydrogen-bond acceptors (Lipinski definition) is 6. The average Bonchev–Trinajstić information content (AvgIpc) is 3.30. The van der Waals surface area contributed by atoms with Crippen LogP contribution in [0.1, 0.15) is 31.4 Å². The molecule has 2 aliphatic heterocycles. The lowest BCUT2D eigenvalue weighted by Gasteiger charge is -2.09. The molecule has 0 spiro atoms. The molecule has 2 N–H and O–H groups in total. The molecule has 8 heteroatoms. The summed E-state index contributed by atoms with van der Waals surface area (Å²) in [4.78, 5) is 28.1. The number of nitrogens with one attached hydrogen (secondary N) is 2. The van der Waals surface area contributed by atoms with Crippen LogP contribution >= 0.6 is 11.3 Å². The minimum atomic E-state index is -0.354. The lowest BCUT2D eigenvalue weighted by Crippen LogP contribution is -2.35. The van der Waals surface area contributed by atoms with E-state index in [1.54, 1.807) is 0 Å². The summed E-state index contributed by atoms with van der Waals surface area (Å²) < 4.78 is 10.7. The molecule has 0 aromatic carbocycles. The molecule has 3 rings (SSSR count). The second kappa shape index (κ2) is 7.85. The molecule has 2 saturated heterocycles. The summed E-state index contributed by atoms with van der Waals surface area (Å²) >= 11 is 1.38. The highest BCUT2D eigenvalue weighted by Crippen LogP contribution is 2.19. The Kier molecular flexibility index (Phi) is 5.58. The normalized spacial score (nSPS) is 23.8. The molecule has 23 heavy (non-hydrogen) atoms. The molecule has 2 fully saturated rings. The van der Waals surface area contributed by atoms with Gasteiger partial charge in [-0.25, -0.2) is 4.98 Å². The number of nitrogens with zero attached hydrogens (tertiary/aromatic N) is 1. The van der Waals surface area contributed by atoms with Crippen molar-refractivity contribution >= 4 is 28.3 Å². The van der Waals surface area contributed by atoms with Crippen molar-refractivity contribution in [2.24, 2.45) is 0 Å². The number of aromatic nitrogens is 1. The van der Waals surface area contributed by atoms with Crippen LogP contribution in [0.5, 0.6) is 0 Å². The van der Waals surface area contributed by atoms with Crippen LogP contribution in [0.25, 0.3) is 0 Å². The third-order valence-corrected chi connectivity index (χ3v) is 4.71. The number of anilines is 1. The quantitative estimate of drug-likeness (QED) is 0.810. The van der Waals surface area contributed by atoms with Crippen LogP contribution in [0.2, 0.25) is 0 Å². The maximum Gasteiger partial charge on any atom is 0.255 e. The Hall–Kier alpha value is -1.51. The number of carbonyl (C=O) groups excluding carboxylic acids is 2. The zero-order chi connectivity index (χ0) is 16.1. The number of amides is 2. The fourth-order valence-corrected chi connectivity index (χ4v) is 3.41. The van der Waals surface area contributed by atoms with Gasteiger partial charge in [0.15, 0.2) is 5.13 Å². The van der Waals surface area contributed by atoms with Gasteiger partial charge in [-0.3, -0.25) is 14.9 Å². The topological polar surface area (TPSA) is 89.6 Å². The van der Waals surface area contributed by atoms with Gasteiger partial charge >= 0.3 is 0 Å². The Morgan fingerprint density at radius 3 is 2.52 bits per heavy atom. The van der Waals surface area contributed by atoms with E-state index in [2.05, 4.69) is 15.6 Å². The van der Waals surface area contributed by atoms with E-state index in [-0.39, 0.29) is 24.0 Å². The molecule has 2 atom stereocenters. The molecule has 2 aliphatic rings. The van der Waals surface area contributed by atoms with Gasteiger partial charge in [0.1, 0.15) is 12.2 Å². The van der Waals surface area contributed by atoms with Crippen molar-refractivity contribution in [1.29, 1.82) is 0 Å². The summed E-state index contributed by atoms with van der Waals surface area (Å²) in [6.07, 6.45) is 3.40. The Morgan fingerprint density at radius 2 is 1.87 bits per heavy atom. The van der Waals surface area contributed by atoms with Crippen LogP contribution < -0.4 is 10.6 Å². The molecule has 126 valence electrons. The number of thiazole rings is 1. The minimum absolute atomic E-state index is 0.0513. The molecule has 0 bridgehead atoms. The van der Waals surface area contributed by atoms with Gasteiger partial charge < -0.3 is 14.8 Å². The highest BCUT2D eigenvalue weighted by molar-refractivity contribution is 7.13. The van der Waals surface area contributed by atoms with Crippen molar-refractivity contribution in [2.75, 3.05) is 25.1 Å². The SMILES string of the molecule is O=C(NCCc1csc(NC(=O)[C@H]2CCCO2)n1)[C@@H]1CCCO1. The van der Waals surface area contributed by atoms with E-state index in [0.29, 0.717) is 31.3 Å². The number of rotatable bonds is 6. The summed E-state index contributed by atoms with van der Waals surface area (Å²) in [6.45, 7) is 1.82.